The zero-order chi connectivity index (χ0) is 12.1. The number of aliphatic hydroxyl groups is 1. The van der Waals surface area contributed by atoms with E-state index in [1.165, 1.54) is 6.07 Å². The number of benzene rings is 1. The van der Waals surface area contributed by atoms with Gasteiger partial charge in [-0.05, 0) is 11.6 Å². The van der Waals surface area contributed by atoms with Gasteiger partial charge in [0.05, 0.1) is 0 Å². The van der Waals surface area contributed by atoms with Crippen LogP contribution in [0, 0.1) is 0 Å². The molecule has 1 rings (SSSR count). The number of allylic oxidation sites excluding steroid dienone is 1. The first kappa shape index (κ1) is 11.9. The van der Waals surface area contributed by atoms with Crippen molar-refractivity contribution in [2.45, 2.75) is 6.54 Å². The number of ketones is 1. The molecule has 0 fully saturated rings. The number of carboxylic acids is 1. The Balaban J connectivity index is 2.97. The molecule has 4 N–H and O–H groups in total. The normalized spacial score (nSPS) is 11.2. The van der Waals surface area contributed by atoms with Crippen LogP contribution in [0.15, 0.2) is 36.1 Å². The van der Waals surface area contributed by atoms with Crippen molar-refractivity contribution in [3.8, 4) is 0 Å². The molecule has 5 nitrogen and oxygen atoms in total. The van der Waals surface area contributed by atoms with Crippen LogP contribution in [-0.2, 0) is 11.3 Å². The molecular formula is C11H11NO4. The second-order valence-corrected chi connectivity index (χ2v) is 3.10. The van der Waals surface area contributed by atoms with Crippen molar-refractivity contribution in [3.63, 3.8) is 0 Å². The number of aliphatic hydroxyl groups excluding tert-OH is 1. The highest BCUT2D eigenvalue weighted by molar-refractivity contribution is 6.07. The van der Waals surface area contributed by atoms with E-state index in [1.54, 1.807) is 18.2 Å². The second-order valence-electron chi connectivity index (χ2n) is 3.10. The summed E-state index contributed by atoms with van der Waals surface area (Å²) in [6.45, 7) is 0.287. The Hall–Kier alpha value is -2.14. The lowest BCUT2D eigenvalue weighted by Gasteiger charge is -1.99. The van der Waals surface area contributed by atoms with Gasteiger partial charge in [0.15, 0.2) is 5.78 Å². The average molecular weight is 221 g/mol. The number of carboxylic acid groups (broad SMARTS) is 1. The summed E-state index contributed by atoms with van der Waals surface area (Å²) in [7, 11) is 0. The van der Waals surface area contributed by atoms with Crippen molar-refractivity contribution >= 4 is 11.8 Å². The SMILES string of the molecule is NCc1cccc(C(=O)/C=C(\O)C(=O)O)c1. The molecule has 0 heterocycles. The highest BCUT2D eigenvalue weighted by Gasteiger charge is 2.09. The molecule has 0 amide bonds. The maximum absolute atomic E-state index is 11.5. The minimum Gasteiger partial charge on any atom is -0.502 e. The van der Waals surface area contributed by atoms with Crippen LogP contribution in [0.3, 0.4) is 0 Å². The fraction of sp³-hybridized carbons (Fsp3) is 0.0909. The summed E-state index contributed by atoms with van der Waals surface area (Å²) in [6.07, 6.45) is 0.665. The number of carbonyl (C=O) groups excluding carboxylic acids is 1. The van der Waals surface area contributed by atoms with Crippen molar-refractivity contribution in [3.05, 3.63) is 47.2 Å². The van der Waals surface area contributed by atoms with Gasteiger partial charge in [-0.2, -0.15) is 0 Å². The molecule has 1 aromatic carbocycles. The first-order chi connectivity index (χ1) is 7.54. The Morgan fingerprint density at radius 3 is 2.56 bits per heavy atom. The van der Waals surface area contributed by atoms with Gasteiger partial charge < -0.3 is 15.9 Å². The highest BCUT2D eigenvalue weighted by Crippen LogP contribution is 2.07. The zero-order valence-corrected chi connectivity index (χ0v) is 8.38. The molecule has 0 atom stereocenters. The molecule has 0 unspecified atom stereocenters. The predicted molar refractivity (Wildman–Crippen MR) is 57.0 cm³/mol. The molecule has 16 heavy (non-hydrogen) atoms. The van der Waals surface area contributed by atoms with E-state index in [9.17, 15) is 9.59 Å². The summed E-state index contributed by atoms with van der Waals surface area (Å²) < 4.78 is 0. The molecule has 0 aliphatic carbocycles. The number of rotatable bonds is 4. The van der Waals surface area contributed by atoms with E-state index in [-0.39, 0.29) is 12.1 Å². The van der Waals surface area contributed by atoms with E-state index in [1.807, 2.05) is 0 Å². The molecule has 0 saturated heterocycles. The van der Waals surface area contributed by atoms with Crippen LogP contribution in [0.2, 0.25) is 0 Å². The molecule has 0 spiro atoms. The third-order valence-corrected chi connectivity index (χ3v) is 1.93. The quantitative estimate of drug-likeness (QED) is 0.397. The number of nitrogens with two attached hydrogens (primary N) is 1. The minimum atomic E-state index is -1.54. The largest absolute Gasteiger partial charge is 0.502 e. The smallest absolute Gasteiger partial charge is 0.371 e. The standard InChI is InChI=1S/C11H11NO4/c12-6-7-2-1-3-8(4-7)9(13)5-10(14)11(15)16/h1-5,14H,6,12H2,(H,15,16)/b10-5-. The number of hydrogen-bond acceptors (Lipinski definition) is 4. The van der Waals surface area contributed by atoms with E-state index >= 15 is 0 Å². The lowest BCUT2D eigenvalue weighted by Crippen LogP contribution is -2.05. The van der Waals surface area contributed by atoms with Gasteiger partial charge in [0, 0.05) is 18.2 Å². The Morgan fingerprint density at radius 2 is 2.00 bits per heavy atom. The Kier molecular flexibility index (Phi) is 3.79. The van der Waals surface area contributed by atoms with Crippen LogP contribution in [0.4, 0.5) is 0 Å². The van der Waals surface area contributed by atoms with Gasteiger partial charge in [0.25, 0.3) is 0 Å². The summed E-state index contributed by atoms with van der Waals surface area (Å²) in [4.78, 5) is 21.8. The predicted octanol–water partition coefficient (Wildman–Crippen LogP) is 0.854. The Labute approximate surface area is 91.8 Å². The minimum absolute atomic E-state index is 0.287. The van der Waals surface area contributed by atoms with Crippen molar-refractivity contribution in [2.75, 3.05) is 0 Å². The summed E-state index contributed by atoms with van der Waals surface area (Å²) in [6, 6.07) is 6.46. The third-order valence-electron chi connectivity index (χ3n) is 1.93. The van der Waals surface area contributed by atoms with Gasteiger partial charge in [-0.3, -0.25) is 4.79 Å². The average Bonchev–Trinajstić information content (AvgIpc) is 2.28. The van der Waals surface area contributed by atoms with E-state index < -0.39 is 17.5 Å². The van der Waals surface area contributed by atoms with Gasteiger partial charge in [-0.25, -0.2) is 4.79 Å². The topological polar surface area (TPSA) is 101 Å². The van der Waals surface area contributed by atoms with Gasteiger partial charge in [0.2, 0.25) is 5.76 Å². The molecule has 0 saturated carbocycles. The summed E-state index contributed by atoms with van der Waals surface area (Å²) in [5.41, 5.74) is 6.44. The highest BCUT2D eigenvalue weighted by atomic mass is 16.4. The number of carbonyl (C=O) groups is 2. The van der Waals surface area contributed by atoms with Gasteiger partial charge in [-0.15, -0.1) is 0 Å². The third kappa shape index (κ3) is 2.93. The van der Waals surface area contributed by atoms with Crippen molar-refractivity contribution in [1.82, 2.24) is 0 Å². The summed E-state index contributed by atoms with van der Waals surface area (Å²) >= 11 is 0. The van der Waals surface area contributed by atoms with E-state index in [0.29, 0.717) is 6.08 Å². The van der Waals surface area contributed by atoms with E-state index in [0.717, 1.165) is 5.56 Å². The summed E-state index contributed by atoms with van der Waals surface area (Å²) in [5, 5.41) is 17.3. The van der Waals surface area contributed by atoms with Crippen LogP contribution in [0.5, 0.6) is 0 Å². The first-order valence-electron chi connectivity index (χ1n) is 4.52. The first-order valence-corrected chi connectivity index (χ1v) is 4.52. The molecule has 84 valence electrons. The van der Waals surface area contributed by atoms with Crippen molar-refractivity contribution in [2.24, 2.45) is 5.73 Å². The molecule has 1 aromatic rings. The number of hydrogen-bond donors (Lipinski definition) is 3. The maximum atomic E-state index is 11.5. The van der Waals surface area contributed by atoms with Crippen LogP contribution in [-0.4, -0.2) is 22.0 Å². The Morgan fingerprint density at radius 1 is 1.31 bits per heavy atom. The van der Waals surface area contributed by atoms with Crippen molar-refractivity contribution in [1.29, 1.82) is 0 Å². The molecule has 5 heteroatoms. The Bertz CT molecular complexity index is 451. The fourth-order valence-corrected chi connectivity index (χ4v) is 1.12. The fourth-order valence-electron chi connectivity index (χ4n) is 1.12. The molecule has 0 bridgehead atoms. The summed E-state index contributed by atoms with van der Waals surface area (Å²) in [5.74, 6) is -3.10. The van der Waals surface area contributed by atoms with Gasteiger partial charge in [-0.1, -0.05) is 18.2 Å². The molecule has 0 aliphatic rings. The lowest BCUT2D eigenvalue weighted by molar-refractivity contribution is -0.135. The van der Waals surface area contributed by atoms with Gasteiger partial charge >= 0.3 is 5.97 Å². The second kappa shape index (κ2) is 5.09. The van der Waals surface area contributed by atoms with Crippen molar-refractivity contribution < 1.29 is 19.8 Å². The monoisotopic (exact) mass is 221 g/mol. The van der Waals surface area contributed by atoms with Gasteiger partial charge in [0.1, 0.15) is 0 Å². The van der Waals surface area contributed by atoms with E-state index in [4.69, 9.17) is 15.9 Å². The lowest BCUT2D eigenvalue weighted by atomic mass is 10.1. The van der Waals surface area contributed by atoms with Crippen LogP contribution < -0.4 is 5.73 Å². The molecule has 0 aromatic heterocycles. The van der Waals surface area contributed by atoms with Crippen LogP contribution in [0.25, 0.3) is 0 Å². The maximum Gasteiger partial charge on any atom is 0.371 e. The molecule has 0 radical (unpaired) electrons. The zero-order valence-electron chi connectivity index (χ0n) is 8.38. The van der Waals surface area contributed by atoms with Crippen LogP contribution >= 0.6 is 0 Å². The molecule has 0 aliphatic heterocycles. The van der Waals surface area contributed by atoms with E-state index in [2.05, 4.69) is 0 Å². The number of aliphatic carboxylic acids is 1. The molecular weight excluding hydrogens is 210 g/mol. The van der Waals surface area contributed by atoms with Crippen LogP contribution in [0.1, 0.15) is 15.9 Å².